The standard InChI is InChI=1S/C4HBrIN3S.C4H2BrN3S/c5-3-8-9-2(6)1-7-4(9)10-3;5-3-7-8-2-1-6-4(8)9-3/h1H;1-2H. The van der Waals surface area contributed by atoms with Crippen molar-refractivity contribution < 1.29 is 0 Å². The van der Waals surface area contributed by atoms with Gasteiger partial charge < -0.3 is 0 Å². The minimum Gasteiger partial charge on any atom is -0.226 e. The Morgan fingerprint density at radius 3 is 2.53 bits per heavy atom. The fraction of sp³-hybridized carbons (Fsp3) is 0. The molecule has 0 radical (unpaired) electrons. The third-order valence-electron chi connectivity index (χ3n) is 1.97. The third-order valence-corrected chi connectivity index (χ3v) is 5.43. The molecule has 0 saturated carbocycles. The molecule has 19 heavy (non-hydrogen) atoms. The van der Waals surface area contributed by atoms with Gasteiger partial charge in [0.25, 0.3) is 0 Å². The Hall–Kier alpha value is -0.110. The first kappa shape index (κ1) is 13.9. The first-order valence-corrected chi connectivity index (χ1v) is 9.04. The number of aromatic nitrogens is 6. The van der Waals surface area contributed by atoms with E-state index in [4.69, 9.17) is 0 Å². The molecule has 0 bridgehead atoms. The van der Waals surface area contributed by atoms with E-state index in [2.05, 4.69) is 74.6 Å². The second kappa shape index (κ2) is 5.71. The molecule has 98 valence electrons. The molecular formula is C8H3Br2IN6S2. The van der Waals surface area contributed by atoms with Crippen LogP contribution in [0.3, 0.4) is 0 Å². The highest BCUT2D eigenvalue weighted by atomic mass is 127. The predicted octanol–water partition coefficient (Wildman–Crippen LogP) is 3.71. The van der Waals surface area contributed by atoms with Gasteiger partial charge in [-0.25, -0.2) is 14.5 Å². The Morgan fingerprint density at radius 1 is 1.05 bits per heavy atom. The molecule has 0 aliphatic carbocycles. The van der Waals surface area contributed by atoms with Gasteiger partial charge in [0.05, 0.1) is 12.4 Å². The summed E-state index contributed by atoms with van der Waals surface area (Å²) in [7, 11) is 0. The molecular weight excluding hydrogens is 531 g/mol. The topological polar surface area (TPSA) is 60.4 Å². The van der Waals surface area contributed by atoms with Crippen molar-refractivity contribution in [1.82, 2.24) is 29.2 Å². The van der Waals surface area contributed by atoms with E-state index in [0.717, 1.165) is 21.5 Å². The molecule has 0 aromatic carbocycles. The first-order valence-electron chi connectivity index (χ1n) is 4.75. The Kier molecular flexibility index (Phi) is 4.17. The summed E-state index contributed by atoms with van der Waals surface area (Å²) in [4.78, 5) is 9.99. The molecule has 4 aromatic heterocycles. The average molecular weight is 534 g/mol. The molecule has 0 aliphatic heterocycles. The van der Waals surface area contributed by atoms with E-state index in [1.165, 1.54) is 22.7 Å². The van der Waals surface area contributed by atoms with E-state index in [1.54, 1.807) is 21.4 Å². The number of hydrogen-bond acceptors (Lipinski definition) is 6. The lowest BCUT2D eigenvalue weighted by atomic mass is 11.0. The quantitative estimate of drug-likeness (QED) is 0.323. The van der Waals surface area contributed by atoms with E-state index < -0.39 is 0 Å². The zero-order chi connectivity index (χ0) is 13.4. The number of imidazole rings is 2. The second-order valence-electron chi connectivity index (χ2n) is 3.14. The van der Waals surface area contributed by atoms with Crippen molar-refractivity contribution in [2.24, 2.45) is 0 Å². The summed E-state index contributed by atoms with van der Waals surface area (Å²) in [6.45, 7) is 0. The molecule has 11 heteroatoms. The van der Waals surface area contributed by atoms with Crippen LogP contribution in [0, 0.1) is 3.70 Å². The van der Waals surface area contributed by atoms with Crippen LogP contribution >= 0.6 is 77.1 Å². The smallest absolute Gasteiger partial charge is 0.213 e. The van der Waals surface area contributed by atoms with Gasteiger partial charge in [-0.3, -0.25) is 0 Å². The van der Waals surface area contributed by atoms with Gasteiger partial charge in [-0.15, -0.1) is 10.2 Å². The minimum absolute atomic E-state index is 0.866. The molecule has 4 heterocycles. The van der Waals surface area contributed by atoms with Crippen LogP contribution in [0.4, 0.5) is 0 Å². The van der Waals surface area contributed by atoms with Crippen LogP contribution in [0.25, 0.3) is 9.92 Å². The Morgan fingerprint density at radius 2 is 1.79 bits per heavy atom. The molecule has 4 rings (SSSR count). The highest BCUT2D eigenvalue weighted by Gasteiger charge is 2.04. The Bertz CT molecular complexity index is 804. The fourth-order valence-corrected chi connectivity index (χ4v) is 4.29. The molecule has 4 aromatic rings. The van der Waals surface area contributed by atoms with Crippen LogP contribution in [0.1, 0.15) is 0 Å². The molecule has 0 unspecified atom stereocenters. The van der Waals surface area contributed by atoms with Gasteiger partial charge in [0.15, 0.2) is 7.83 Å². The van der Waals surface area contributed by atoms with Crippen LogP contribution in [0.15, 0.2) is 26.4 Å². The van der Waals surface area contributed by atoms with E-state index in [-0.39, 0.29) is 0 Å². The monoisotopic (exact) mass is 532 g/mol. The van der Waals surface area contributed by atoms with Gasteiger partial charge in [0, 0.05) is 6.20 Å². The highest BCUT2D eigenvalue weighted by Crippen LogP contribution is 2.20. The van der Waals surface area contributed by atoms with Crippen molar-refractivity contribution in [1.29, 1.82) is 0 Å². The van der Waals surface area contributed by atoms with E-state index >= 15 is 0 Å². The maximum atomic E-state index is 4.15. The molecule has 0 aliphatic rings. The highest BCUT2D eigenvalue weighted by molar-refractivity contribution is 14.1. The largest absolute Gasteiger partial charge is 0.226 e. The maximum absolute atomic E-state index is 4.15. The zero-order valence-electron chi connectivity index (χ0n) is 8.87. The van der Waals surface area contributed by atoms with Crippen molar-refractivity contribution in [3.05, 3.63) is 30.1 Å². The minimum atomic E-state index is 0.866. The number of rotatable bonds is 0. The number of halogens is 3. The Balaban J connectivity index is 0.000000117. The predicted molar refractivity (Wildman–Crippen MR) is 89.8 cm³/mol. The molecule has 6 nitrogen and oxygen atoms in total. The van der Waals surface area contributed by atoms with Crippen molar-refractivity contribution >= 4 is 87.0 Å². The summed E-state index contributed by atoms with van der Waals surface area (Å²) in [5.74, 6) is 0. The zero-order valence-corrected chi connectivity index (χ0v) is 15.8. The number of hydrogen-bond donors (Lipinski definition) is 0. The lowest BCUT2D eigenvalue weighted by Gasteiger charge is -1.78. The summed E-state index contributed by atoms with van der Waals surface area (Å²) in [6.07, 6.45) is 5.34. The van der Waals surface area contributed by atoms with Gasteiger partial charge >= 0.3 is 0 Å². The maximum Gasteiger partial charge on any atom is 0.213 e. The fourth-order valence-electron chi connectivity index (χ4n) is 1.26. The molecule has 0 spiro atoms. The van der Waals surface area contributed by atoms with Crippen molar-refractivity contribution in [2.75, 3.05) is 0 Å². The summed E-state index contributed by atoms with van der Waals surface area (Å²) in [6, 6.07) is 0. The third kappa shape index (κ3) is 2.99. The summed E-state index contributed by atoms with van der Waals surface area (Å²) >= 11 is 11.8. The normalized spacial score (nSPS) is 10.9. The molecule has 0 N–H and O–H groups in total. The van der Waals surface area contributed by atoms with Crippen LogP contribution in [-0.4, -0.2) is 29.2 Å². The van der Waals surface area contributed by atoms with Crippen LogP contribution < -0.4 is 0 Å². The Labute approximate surface area is 145 Å². The SMILES string of the molecule is Brc1nn2c(I)cnc2s1.Brc1nn2ccnc2s1. The van der Waals surface area contributed by atoms with Crippen molar-refractivity contribution in [2.45, 2.75) is 0 Å². The number of fused-ring (bicyclic) bond motifs is 2. The first-order chi connectivity index (χ1) is 9.13. The molecule has 0 fully saturated rings. The lowest BCUT2D eigenvalue weighted by Crippen LogP contribution is -1.83. The van der Waals surface area contributed by atoms with Gasteiger partial charge in [0.2, 0.25) is 9.92 Å². The average Bonchev–Trinajstić information content (AvgIpc) is 3.04. The molecule has 0 atom stereocenters. The van der Waals surface area contributed by atoms with Crippen molar-refractivity contribution in [3.63, 3.8) is 0 Å². The molecule has 0 saturated heterocycles. The molecule has 0 amide bonds. The van der Waals surface area contributed by atoms with E-state index in [0.29, 0.717) is 0 Å². The summed E-state index contributed by atoms with van der Waals surface area (Å²) in [5.41, 5.74) is 0. The van der Waals surface area contributed by atoms with Gasteiger partial charge in [-0.05, 0) is 54.5 Å². The van der Waals surface area contributed by atoms with Crippen LogP contribution in [0.5, 0.6) is 0 Å². The van der Waals surface area contributed by atoms with Crippen molar-refractivity contribution in [3.8, 4) is 0 Å². The van der Waals surface area contributed by atoms with Gasteiger partial charge in [0.1, 0.15) is 3.70 Å². The summed E-state index contributed by atoms with van der Waals surface area (Å²) < 4.78 is 6.30. The van der Waals surface area contributed by atoms with E-state index in [9.17, 15) is 0 Å². The second-order valence-corrected chi connectivity index (χ2v) is 8.71. The van der Waals surface area contributed by atoms with Gasteiger partial charge in [-0.1, -0.05) is 22.7 Å². The number of nitrogens with zero attached hydrogens (tertiary/aromatic N) is 6. The summed E-state index contributed by atoms with van der Waals surface area (Å²) in [5, 5.41) is 8.22. The van der Waals surface area contributed by atoms with Crippen LogP contribution in [-0.2, 0) is 0 Å². The van der Waals surface area contributed by atoms with Crippen LogP contribution in [0.2, 0.25) is 0 Å². The van der Waals surface area contributed by atoms with Gasteiger partial charge in [-0.2, -0.15) is 4.52 Å². The lowest BCUT2D eigenvalue weighted by molar-refractivity contribution is 0.935. The van der Waals surface area contributed by atoms with E-state index in [1.807, 2.05) is 6.20 Å².